The fourth-order valence-electron chi connectivity index (χ4n) is 1.09. The van der Waals surface area contributed by atoms with Gasteiger partial charge in [0.05, 0.1) is 24.7 Å². The maximum atomic E-state index is 9.23. The van der Waals surface area contributed by atoms with Crippen molar-refractivity contribution in [2.24, 2.45) is 5.92 Å². The molecule has 0 amide bonds. The quantitative estimate of drug-likeness (QED) is 0.443. The van der Waals surface area contributed by atoms with E-state index in [1.165, 1.54) is 0 Å². The van der Waals surface area contributed by atoms with Crippen LogP contribution in [0, 0.1) is 17.2 Å². The number of aliphatic hydroxyl groups excluding tert-OH is 2. The lowest BCUT2D eigenvalue weighted by Crippen LogP contribution is -2.28. The van der Waals surface area contributed by atoms with Gasteiger partial charge in [-0.15, -0.1) is 0 Å². The Kier molecular flexibility index (Phi) is 2.50. The van der Waals surface area contributed by atoms with Crippen molar-refractivity contribution < 1.29 is 14.9 Å². The summed E-state index contributed by atoms with van der Waals surface area (Å²) in [6.07, 6.45) is -1.69. The zero-order valence-electron chi connectivity index (χ0n) is 5.84. The number of hydrogen-bond donors (Lipinski definition) is 2. The maximum absolute atomic E-state index is 9.23. The van der Waals surface area contributed by atoms with Gasteiger partial charge >= 0.3 is 0 Å². The maximum Gasteiger partial charge on any atom is 0.110 e. The Morgan fingerprint density at radius 2 is 2.27 bits per heavy atom. The Morgan fingerprint density at radius 3 is 2.55 bits per heavy atom. The van der Waals surface area contributed by atoms with Crippen molar-refractivity contribution in [3.63, 3.8) is 0 Å². The summed E-state index contributed by atoms with van der Waals surface area (Å²) in [4.78, 5) is 0. The number of hydrogen-bond acceptors (Lipinski definition) is 4. The molecule has 0 aromatic rings. The molecule has 4 nitrogen and oxygen atoms in total. The van der Waals surface area contributed by atoms with Gasteiger partial charge in [0.15, 0.2) is 0 Å². The summed E-state index contributed by atoms with van der Waals surface area (Å²) < 4.78 is 4.88. The van der Waals surface area contributed by atoms with Crippen LogP contribution in [0.3, 0.4) is 0 Å². The molecule has 1 heterocycles. The van der Waals surface area contributed by atoms with Crippen molar-refractivity contribution in [3.05, 3.63) is 0 Å². The largest absolute Gasteiger partial charge is 0.394 e. The van der Waals surface area contributed by atoms with Gasteiger partial charge in [-0.3, -0.25) is 0 Å². The molecule has 2 radical (unpaired) electrons. The van der Waals surface area contributed by atoms with Gasteiger partial charge in [0.1, 0.15) is 14.0 Å². The fraction of sp³-hybridized carbons (Fsp3) is 0.833. The van der Waals surface area contributed by atoms with Crippen LogP contribution < -0.4 is 0 Å². The summed E-state index contributed by atoms with van der Waals surface area (Å²) in [5.41, 5.74) is 0. The molecule has 0 saturated carbocycles. The van der Waals surface area contributed by atoms with Crippen LogP contribution in [0.1, 0.15) is 0 Å². The Balaban J connectivity index is 2.64. The molecule has 1 rings (SSSR count). The Labute approximate surface area is 65.8 Å². The molecule has 0 aliphatic carbocycles. The van der Waals surface area contributed by atoms with E-state index in [9.17, 15) is 5.11 Å². The molecule has 1 aliphatic rings. The van der Waals surface area contributed by atoms with Crippen LogP contribution in [-0.2, 0) is 4.74 Å². The summed E-state index contributed by atoms with van der Waals surface area (Å²) in [6, 6.07) is 1.03. The van der Waals surface area contributed by atoms with E-state index in [2.05, 4.69) is 0 Å². The van der Waals surface area contributed by atoms with Gasteiger partial charge < -0.3 is 14.9 Å². The van der Waals surface area contributed by atoms with Gasteiger partial charge in [-0.1, -0.05) is 0 Å². The van der Waals surface area contributed by atoms with Crippen LogP contribution in [0.15, 0.2) is 0 Å². The molecule has 2 N–H and O–H groups in total. The van der Waals surface area contributed by atoms with E-state index in [0.717, 1.165) is 0 Å². The molecule has 0 aromatic heterocycles. The zero-order valence-corrected chi connectivity index (χ0v) is 5.84. The summed E-state index contributed by atoms with van der Waals surface area (Å²) in [5.74, 6) is -0.729. The van der Waals surface area contributed by atoms with E-state index < -0.39 is 24.1 Å². The second-order valence-electron chi connectivity index (χ2n) is 2.47. The zero-order chi connectivity index (χ0) is 8.43. The average molecular weight is 153 g/mol. The molecule has 11 heavy (non-hydrogen) atoms. The second kappa shape index (κ2) is 3.22. The number of rotatable bonds is 1. The van der Waals surface area contributed by atoms with Gasteiger partial charge in [-0.05, 0) is 0 Å². The summed E-state index contributed by atoms with van der Waals surface area (Å²) in [6.45, 7) is -0.312. The van der Waals surface area contributed by atoms with Crippen LogP contribution in [0.2, 0.25) is 0 Å². The SMILES string of the molecule is [B][C@@H]1O[C@H](CO)C(O)C1C#N. The van der Waals surface area contributed by atoms with Crippen molar-refractivity contribution in [2.45, 2.75) is 18.2 Å². The lowest BCUT2D eigenvalue weighted by Gasteiger charge is -2.09. The Hall–Kier alpha value is -0.565. The normalized spacial score (nSPS) is 43.7. The third kappa shape index (κ3) is 1.38. The first-order valence-electron chi connectivity index (χ1n) is 3.30. The predicted octanol–water partition coefficient (Wildman–Crippen LogP) is -1.63. The van der Waals surface area contributed by atoms with Gasteiger partial charge in [-0.2, -0.15) is 5.26 Å². The molecule has 0 bridgehead atoms. The summed E-state index contributed by atoms with van der Waals surface area (Å²) >= 11 is 0. The van der Waals surface area contributed by atoms with Gasteiger partial charge in [-0.25, -0.2) is 0 Å². The van der Waals surface area contributed by atoms with E-state index >= 15 is 0 Å². The van der Waals surface area contributed by atoms with Crippen molar-refractivity contribution in [1.82, 2.24) is 0 Å². The molecule has 1 aliphatic heterocycles. The molecule has 0 aromatic carbocycles. The Bertz CT molecular complexity index is 181. The lowest BCUT2D eigenvalue weighted by molar-refractivity contribution is -0.00459. The van der Waals surface area contributed by atoms with E-state index in [-0.39, 0.29) is 6.61 Å². The van der Waals surface area contributed by atoms with Crippen LogP contribution in [0.5, 0.6) is 0 Å². The first kappa shape index (κ1) is 8.53. The van der Waals surface area contributed by atoms with Crippen LogP contribution in [0.4, 0.5) is 0 Å². The number of aliphatic hydroxyl groups is 2. The standard InChI is InChI=1S/C6H8BNO3/c7-6-3(1-8)5(10)4(2-9)11-6/h3-6,9-10H,2H2/t3?,4-,5?,6-/m1/s1. The first-order chi connectivity index (χ1) is 5.20. The number of nitrogens with zero attached hydrogens (tertiary/aromatic N) is 1. The third-order valence-electron chi connectivity index (χ3n) is 1.76. The molecule has 58 valence electrons. The molecule has 1 saturated heterocycles. The minimum Gasteiger partial charge on any atom is -0.394 e. The van der Waals surface area contributed by atoms with E-state index in [4.69, 9.17) is 23.0 Å². The van der Waals surface area contributed by atoms with Crippen molar-refractivity contribution in [3.8, 4) is 6.07 Å². The lowest BCUT2D eigenvalue weighted by atomic mass is 9.86. The molecule has 5 heteroatoms. The van der Waals surface area contributed by atoms with Gasteiger partial charge in [0.2, 0.25) is 0 Å². The van der Waals surface area contributed by atoms with Crippen molar-refractivity contribution in [1.29, 1.82) is 5.26 Å². The minimum atomic E-state index is -0.972. The van der Waals surface area contributed by atoms with Crippen LogP contribution in [0.25, 0.3) is 0 Å². The highest BCUT2D eigenvalue weighted by molar-refractivity contribution is 6.11. The summed E-state index contributed by atoms with van der Waals surface area (Å²) in [5, 5.41) is 26.3. The minimum absolute atomic E-state index is 0.312. The van der Waals surface area contributed by atoms with Gasteiger partial charge in [0, 0.05) is 6.00 Å². The highest BCUT2D eigenvalue weighted by Gasteiger charge is 2.40. The highest BCUT2D eigenvalue weighted by atomic mass is 16.5. The van der Waals surface area contributed by atoms with E-state index in [1.54, 1.807) is 0 Å². The molecule has 1 fully saturated rings. The van der Waals surface area contributed by atoms with Gasteiger partial charge in [0.25, 0.3) is 0 Å². The second-order valence-corrected chi connectivity index (χ2v) is 2.47. The molecular weight excluding hydrogens is 145 g/mol. The van der Waals surface area contributed by atoms with E-state index in [0.29, 0.717) is 0 Å². The van der Waals surface area contributed by atoms with E-state index in [1.807, 2.05) is 6.07 Å². The van der Waals surface area contributed by atoms with Crippen LogP contribution >= 0.6 is 0 Å². The highest BCUT2D eigenvalue weighted by Crippen LogP contribution is 2.24. The molecule has 0 spiro atoms. The number of nitriles is 1. The Morgan fingerprint density at radius 1 is 1.64 bits per heavy atom. The molecular formula is C6H8BNO3. The first-order valence-corrected chi connectivity index (χ1v) is 3.30. The fourth-order valence-corrected chi connectivity index (χ4v) is 1.09. The summed E-state index contributed by atoms with van der Waals surface area (Å²) in [7, 11) is 5.33. The number of ether oxygens (including phenoxy) is 1. The predicted molar refractivity (Wildman–Crippen MR) is 36.6 cm³/mol. The monoisotopic (exact) mass is 153 g/mol. The topological polar surface area (TPSA) is 73.5 Å². The molecule has 2 unspecified atom stereocenters. The average Bonchev–Trinajstić information content (AvgIpc) is 2.26. The third-order valence-corrected chi connectivity index (χ3v) is 1.76. The van der Waals surface area contributed by atoms with Crippen molar-refractivity contribution in [2.75, 3.05) is 6.61 Å². The molecule has 4 atom stereocenters. The van der Waals surface area contributed by atoms with Crippen LogP contribution in [-0.4, -0.2) is 42.9 Å². The smallest absolute Gasteiger partial charge is 0.110 e. The van der Waals surface area contributed by atoms with Crippen molar-refractivity contribution >= 4 is 7.85 Å².